The molecule has 0 N–H and O–H groups in total. The minimum Gasteiger partial charge on any atom is -0.340 e. The molecule has 1 aromatic carbocycles. The van der Waals surface area contributed by atoms with E-state index in [0.717, 1.165) is 42.5 Å². The van der Waals surface area contributed by atoms with Crippen molar-refractivity contribution in [3.63, 3.8) is 0 Å². The topological polar surface area (TPSA) is 60.9 Å². The molecule has 0 aliphatic carbocycles. The highest BCUT2D eigenvalue weighted by Crippen LogP contribution is 2.36. The molecule has 0 atom stereocenters. The van der Waals surface area contributed by atoms with Crippen molar-refractivity contribution in [2.24, 2.45) is 11.8 Å². The van der Waals surface area contributed by atoms with E-state index in [-0.39, 0.29) is 24.9 Å². The molecule has 2 fully saturated rings. The highest BCUT2D eigenvalue weighted by molar-refractivity contribution is 7.89. The third-order valence-electron chi connectivity index (χ3n) is 6.32. The van der Waals surface area contributed by atoms with Gasteiger partial charge in [0.05, 0.1) is 10.5 Å². The lowest BCUT2D eigenvalue weighted by Gasteiger charge is -2.38. The van der Waals surface area contributed by atoms with Crippen molar-refractivity contribution < 1.29 is 26.4 Å². The molecular formula is C22H32F3N3O3S. The van der Waals surface area contributed by atoms with E-state index in [2.05, 4.69) is 18.7 Å². The van der Waals surface area contributed by atoms with E-state index >= 15 is 0 Å². The second-order valence-electron chi connectivity index (χ2n) is 9.02. The van der Waals surface area contributed by atoms with Crippen LogP contribution in [0.25, 0.3) is 0 Å². The summed E-state index contributed by atoms with van der Waals surface area (Å²) in [6.45, 7) is 8.47. The summed E-state index contributed by atoms with van der Waals surface area (Å²) < 4.78 is 66.8. The molecule has 0 bridgehead atoms. The number of sulfonamides is 1. The second-order valence-corrected chi connectivity index (χ2v) is 10.9. The average Bonchev–Trinajstić information content (AvgIpc) is 2.77. The number of amides is 1. The third-order valence-corrected chi connectivity index (χ3v) is 8.28. The Hall–Kier alpha value is -1.65. The van der Waals surface area contributed by atoms with Crippen LogP contribution >= 0.6 is 0 Å². The van der Waals surface area contributed by atoms with Gasteiger partial charge in [-0.15, -0.1) is 0 Å². The van der Waals surface area contributed by atoms with Crippen molar-refractivity contribution in [3.05, 3.63) is 29.8 Å². The first-order chi connectivity index (χ1) is 15.0. The SMILES string of the molecule is CC(C)CCN1CCN(C(=O)C2CCN(S(=O)(=O)c3ccccc3C(F)(F)F)CC2)CC1. The van der Waals surface area contributed by atoms with Gasteiger partial charge in [-0.3, -0.25) is 9.69 Å². The van der Waals surface area contributed by atoms with Crippen LogP contribution in [0.4, 0.5) is 13.2 Å². The maximum absolute atomic E-state index is 13.3. The molecule has 2 aliphatic heterocycles. The highest BCUT2D eigenvalue weighted by Gasteiger charge is 2.40. The number of nitrogens with zero attached hydrogens (tertiary/aromatic N) is 3. The van der Waals surface area contributed by atoms with Gasteiger partial charge in [-0.2, -0.15) is 17.5 Å². The number of piperidine rings is 1. The first-order valence-corrected chi connectivity index (χ1v) is 12.6. The fraction of sp³-hybridized carbons (Fsp3) is 0.682. The molecule has 0 radical (unpaired) electrons. The van der Waals surface area contributed by atoms with Crippen molar-refractivity contribution in [2.75, 3.05) is 45.8 Å². The molecule has 0 spiro atoms. The van der Waals surface area contributed by atoms with Gasteiger partial charge in [0.15, 0.2) is 0 Å². The zero-order valence-electron chi connectivity index (χ0n) is 18.6. The summed E-state index contributed by atoms with van der Waals surface area (Å²) in [6, 6.07) is 4.24. The van der Waals surface area contributed by atoms with Crippen LogP contribution in [0.1, 0.15) is 38.7 Å². The summed E-state index contributed by atoms with van der Waals surface area (Å²) in [5.41, 5.74) is -1.16. The molecule has 0 unspecified atom stereocenters. The van der Waals surface area contributed by atoms with Crippen LogP contribution < -0.4 is 0 Å². The Balaban J connectivity index is 1.57. The van der Waals surface area contributed by atoms with Gasteiger partial charge in [-0.25, -0.2) is 8.42 Å². The van der Waals surface area contributed by atoms with Gasteiger partial charge in [-0.1, -0.05) is 26.0 Å². The molecule has 32 heavy (non-hydrogen) atoms. The molecule has 2 aliphatic rings. The van der Waals surface area contributed by atoms with Crippen molar-refractivity contribution in [3.8, 4) is 0 Å². The molecule has 1 aromatic rings. The lowest BCUT2D eigenvalue weighted by Crippen LogP contribution is -2.52. The van der Waals surface area contributed by atoms with Crippen molar-refractivity contribution in [1.29, 1.82) is 0 Å². The predicted molar refractivity (Wildman–Crippen MR) is 115 cm³/mol. The van der Waals surface area contributed by atoms with E-state index in [1.807, 2.05) is 4.90 Å². The zero-order valence-corrected chi connectivity index (χ0v) is 19.5. The number of alkyl halides is 3. The summed E-state index contributed by atoms with van der Waals surface area (Å²) >= 11 is 0. The lowest BCUT2D eigenvalue weighted by atomic mass is 9.96. The maximum atomic E-state index is 13.3. The molecule has 2 saturated heterocycles. The molecule has 2 heterocycles. The predicted octanol–water partition coefficient (Wildman–Crippen LogP) is 3.30. The largest absolute Gasteiger partial charge is 0.417 e. The Morgan fingerprint density at radius 1 is 1.03 bits per heavy atom. The highest BCUT2D eigenvalue weighted by atomic mass is 32.2. The van der Waals surface area contributed by atoms with Gasteiger partial charge in [0.2, 0.25) is 15.9 Å². The van der Waals surface area contributed by atoms with Gasteiger partial charge in [-0.05, 0) is 43.9 Å². The Morgan fingerprint density at radius 2 is 1.62 bits per heavy atom. The number of carbonyl (C=O) groups excluding carboxylic acids is 1. The van der Waals surface area contributed by atoms with Crippen LogP contribution in [0.15, 0.2) is 29.2 Å². The fourth-order valence-corrected chi connectivity index (χ4v) is 5.98. The van der Waals surface area contributed by atoms with Crippen LogP contribution in [0.5, 0.6) is 0 Å². The van der Waals surface area contributed by atoms with Crippen LogP contribution in [0.3, 0.4) is 0 Å². The van der Waals surface area contributed by atoms with Gasteiger partial charge in [0.25, 0.3) is 0 Å². The Morgan fingerprint density at radius 3 is 2.19 bits per heavy atom. The summed E-state index contributed by atoms with van der Waals surface area (Å²) in [5.74, 6) is 0.377. The van der Waals surface area contributed by atoms with Crippen molar-refractivity contribution in [2.45, 2.75) is 44.2 Å². The van der Waals surface area contributed by atoms with Gasteiger partial charge in [0, 0.05) is 45.2 Å². The van der Waals surface area contributed by atoms with E-state index < -0.39 is 26.7 Å². The summed E-state index contributed by atoms with van der Waals surface area (Å²) in [4.78, 5) is 16.4. The standard InChI is InChI=1S/C22H32F3N3O3S/c1-17(2)7-10-26-13-15-27(16-14-26)21(29)18-8-11-28(12-9-18)32(30,31)20-6-4-3-5-19(20)22(23,24)25/h3-6,17-18H,7-16H2,1-2H3. The second kappa shape index (κ2) is 10.1. The molecule has 10 heteroatoms. The average molecular weight is 476 g/mol. The normalized spacial score (nSPS) is 20.1. The molecule has 6 nitrogen and oxygen atoms in total. The molecular weight excluding hydrogens is 443 g/mol. The number of hydrogen-bond acceptors (Lipinski definition) is 4. The van der Waals surface area contributed by atoms with Crippen LogP contribution in [-0.2, 0) is 21.0 Å². The summed E-state index contributed by atoms with van der Waals surface area (Å²) in [7, 11) is -4.29. The lowest BCUT2D eigenvalue weighted by molar-refractivity contribution is -0.140. The smallest absolute Gasteiger partial charge is 0.340 e. The van der Waals surface area contributed by atoms with E-state index in [4.69, 9.17) is 0 Å². The van der Waals surface area contributed by atoms with Crippen LogP contribution in [0.2, 0.25) is 0 Å². The minimum atomic E-state index is -4.75. The quantitative estimate of drug-likeness (QED) is 0.634. The minimum absolute atomic E-state index is 0.0289. The van der Waals surface area contributed by atoms with Crippen LogP contribution in [0, 0.1) is 11.8 Å². The first-order valence-electron chi connectivity index (χ1n) is 11.2. The Bertz CT molecular complexity index is 889. The molecule has 3 rings (SSSR count). The summed E-state index contributed by atoms with van der Waals surface area (Å²) in [6.07, 6.45) is -2.99. The number of halogens is 3. The van der Waals surface area contributed by atoms with Gasteiger partial charge < -0.3 is 4.90 Å². The molecule has 180 valence electrons. The van der Waals surface area contributed by atoms with Gasteiger partial charge >= 0.3 is 6.18 Å². The first kappa shape index (κ1) is 25.0. The molecule has 1 amide bonds. The number of piperazine rings is 1. The summed E-state index contributed by atoms with van der Waals surface area (Å²) in [5, 5.41) is 0. The van der Waals surface area contributed by atoms with Crippen molar-refractivity contribution >= 4 is 15.9 Å². The van der Waals surface area contributed by atoms with Crippen molar-refractivity contribution in [1.82, 2.24) is 14.1 Å². The Labute approximate surface area is 188 Å². The van der Waals surface area contributed by atoms with E-state index in [1.165, 1.54) is 12.1 Å². The maximum Gasteiger partial charge on any atom is 0.417 e. The van der Waals surface area contributed by atoms with E-state index in [9.17, 15) is 26.4 Å². The molecule has 0 aromatic heterocycles. The number of benzene rings is 1. The number of rotatable bonds is 6. The third kappa shape index (κ3) is 5.82. The van der Waals surface area contributed by atoms with E-state index in [0.29, 0.717) is 31.8 Å². The fourth-order valence-electron chi connectivity index (χ4n) is 4.30. The van der Waals surface area contributed by atoms with Crippen LogP contribution in [-0.4, -0.2) is 74.2 Å². The zero-order chi connectivity index (χ0) is 23.5. The van der Waals surface area contributed by atoms with Gasteiger partial charge in [0.1, 0.15) is 0 Å². The number of carbonyl (C=O) groups is 1. The van der Waals surface area contributed by atoms with E-state index in [1.54, 1.807) is 0 Å². The monoisotopic (exact) mass is 475 g/mol. The Kier molecular flexibility index (Phi) is 7.88. The number of hydrogen-bond donors (Lipinski definition) is 0. The molecule has 0 saturated carbocycles.